The van der Waals surface area contributed by atoms with Crippen LogP contribution in [0.5, 0.6) is 0 Å². The lowest BCUT2D eigenvalue weighted by Gasteiger charge is -2.36. The van der Waals surface area contributed by atoms with Gasteiger partial charge in [0, 0.05) is 18.2 Å². The van der Waals surface area contributed by atoms with Crippen molar-refractivity contribution in [3.8, 4) is 0 Å². The van der Waals surface area contributed by atoms with Gasteiger partial charge in [0.1, 0.15) is 6.61 Å². The number of aliphatic imine (C=N–C) groups is 1. The highest BCUT2D eigenvalue weighted by atomic mass is 16.6. The standard InChI is InChI=1S/C18H27N3O3/c1-6-8-14(7-2)20-17(24-12-18(20,4)5)19-16-10-9-15(21(22)23)11-13(16)3/h9-11,14H,6-8,12H2,1-5H3. The first-order valence-corrected chi connectivity index (χ1v) is 8.56. The Balaban J connectivity index is 2.38. The maximum Gasteiger partial charge on any atom is 0.293 e. The SMILES string of the molecule is CCCC(CC)N1C(=Nc2ccc([N+](=O)[O-])cc2C)OCC1(C)C. The number of amidine groups is 1. The third-order valence-electron chi connectivity index (χ3n) is 4.48. The number of rotatable bonds is 6. The fourth-order valence-corrected chi connectivity index (χ4v) is 3.21. The summed E-state index contributed by atoms with van der Waals surface area (Å²) in [5, 5.41) is 10.9. The molecule has 0 aliphatic carbocycles. The van der Waals surface area contributed by atoms with Crippen LogP contribution in [-0.2, 0) is 4.74 Å². The minimum Gasteiger partial charge on any atom is -0.462 e. The van der Waals surface area contributed by atoms with Crippen LogP contribution in [0, 0.1) is 17.0 Å². The Morgan fingerprint density at radius 3 is 2.67 bits per heavy atom. The molecule has 1 aliphatic rings. The van der Waals surface area contributed by atoms with E-state index in [0.29, 0.717) is 24.4 Å². The van der Waals surface area contributed by atoms with Gasteiger partial charge < -0.3 is 9.64 Å². The molecule has 1 saturated heterocycles. The van der Waals surface area contributed by atoms with Crippen LogP contribution in [0.3, 0.4) is 0 Å². The Morgan fingerprint density at radius 2 is 2.12 bits per heavy atom. The van der Waals surface area contributed by atoms with Gasteiger partial charge in [0.15, 0.2) is 0 Å². The van der Waals surface area contributed by atoms with Crippen LogP contribution in [0.2, 0.25) is 0 Å². The lowest BCUT2D eigenvalue weighted by molar-refractivity contribution is -0.384. The number of nitrogens with zero attached hydrogens (tertiary/aromatic N) is 3. The van der Waals surface area contributed by atoms with Crippen LogP contribution in [0.25, 0.3) is 0 Å². The molecular formula is C18H27N3O3. The minimum atomic E-state index is -0.389. The second-order valence-electron chi connectivity index (χ2n) is 6.94. The zero-order chi connectivity index (χ0) is 17.9. The molecule has 1 aromatic rings. The first-order valence-electron chi connectivity index (χ1n) is 8.56. The van der Waals surface area contributed by atoms with E-state index in [4.69, 9.17) is 4.74 Å². The van der Waals surface area contributed by atoms with E-state index in [2.05, 4.69) is 37.6 Å². The maximum absolute atomic E-state index is 10.9. The molecule has 0 spiro atoms. The second-order valence-corrected chi connectivity index (χ2v) is 6.94. The molecule has 24 heavy (non-hydrogen) atoms. The van der Waals surface area contributed by atoms with E-state index < -0.39 is 0 Å². The molecule has 6 heteroatoms. The zero-order valence-corrected chi connectivity index (χ0v) is 15.2. The molecule has 0 aromatic heterocycles. The van der Waals surface area contributed by atoms with Crippen molar-refractivity contribution in [2.75, 3.05) is 6.61 Å². The van der Waals surface area contributed by atoms with Gasteiger partial charge in [0.2, 0.25) is 0 Å². The van der Waals surface area contributed by atoms with Crippen molar-refractivity contribution >= 4 is 17.4 Å². The highest BCUT2D eigenvalue weighted by Gasteiger charge is 2.41. The van der Waals surface area contributed by atoms with Crippen molar-refractivity contribution in [3.05, 3.63) is 33.9 Å². The Kier molecular flexibility index (Phi) is 5.47. The van der Waals surface area contributed by atoms with Gasteiger partial charge in [-0.3, -0.25) is 10.1 Å². The molecule has 132 valence electrons. The average Bonchev–Trinajstić information content (AvgIpc) is 2.81. The van der Waals surface area contributed by atoms with Crippen molar-refractivity contribution in [1.29, 1.82) is 0 Å². The van der Waals surface area contributed by atoms with Crippen LogP contribution in [0.4, 0.5) is 11.4 Å². The van der Waals surface area contributed by atoms with Crippen LogP contribution < -0.4 is 0 Å². The number of aryl methyl sites for hydroxylation is 1. The van der Waals surface area contributed by atoms with Crippen molar-refractivity contribution in [3.63, 3.8) is 0 Å². The van der Waals surface area contributed by atoms with Crippen molar-refractivity contribution in [1.82, 2.24) is 4.90 Å². The van der Waals surface area contributed by atoms with Gasteiger partial charge in [-0.1, -0.05) is 20.3 Å². The summed E-state index contributed by atoms with van der Waals surface area (Å²) in [5.41, 5.74) is 1.46. The molecule has 0 saturated carbocycles. The zero-order valence-electron chi connectivity index (χ0n) is 15.2. The van der Waals surface area contributed by atoms with E-state index in [9.17, 15) is 10.1 Å². The van der Waals surface area contributed by atoms with Crippen molar-refractivity contribution in [2.24, 2.45) is 4.99 Å². The first kappa shape index (κ1) is 18.2. The summed E-state index contributed by atoms with van der Waals surface area (Å²) in [5.74, 6) is 0. The molecule has 6 nitrogen and oxygen atoms in total. The van der Waals surface area contributed by atoms with Crippen molar-refractivity contribution in [2.45, 2.75) is 65.5 Å². The van der Waals surface area contributed by atoms with Gasteiger partial charge in [-0.2, -0.15) is 4.99 Å². The Morgan fingerprint density at radius 1 is 1.42 bits per heavy atom. The molecule has 2 rings (SSSR count). The molecule has 1 aromatic carbocycles. The monoisotopic (exact) mass is 333 g/mol. The quantitative estimate of drug-likeness (QED) is 0.564. The van der Waals surface area contributed by atoms with E-state index in [-0.39, 0.29) is 16.1 Å². The summed E-state index contributed by atoms with van der Waals surface area (Å²) in [7, 11) is 0. The number of nitro benzene ring substituents is 1. The molecular weight excluding hydrogens is 306 g/mol. The van der Waals surface area contributed by atoms with E-state index in [1.807, 2.05) is 6.92 Å². The van der Waals surface area contributed by atoms with Gasteiger partial charge in [-0.05, 0) is 45.2 Å². The summed E-state index contributed by atoms with van der Waals surface area (Å²) in [4.78, 5) is 17.5. The van der Waals surface area contributed by atoms with E-state index in [0.717, 1.165) is 24.8 Å². The number of hydrogen-bond acceptors (Lipinski definition) is 4. The number of ether oxygens (including phenoxy) is 1. The predicted molar refractivity (Wildman–Crippen MR) is 95.8 cm³/mol. The highest BCUT2D eigenvalue weighted by molar-refractivity contribution is 5.81. The van der Waals surface area contributed by atoms with E-state index in [1.54, 1.807) is 12.1 Å². The lowest BCUT2D eigenvalue weighted by Crippen LogP contribution is -2.48. The Labute approximate surface area is 143 Å². The molecule has 1 fully saturated rings. The number of non-ortho nitro benzene ring substituents is 1. The van der Waals surface area contributed by atoms with Crippen LogP contribution in [0.1, 0.15) is 52.5 Å². The number of benzene rings is 1. The topological polar surface area (TPSA) is 68.0 Å². The minimum absolute atomic E-state index is 0.0818. The summed E-state index contributed by atoms with van der Waals surface area (Å²) in [6.45, 7) is 11.1. The average molecular weight is 333 g/mol. The lowest BCUT2D eigenvalue weighted by atomic mass is 9.99. The van der Waals surface area contributed by atoms with Gasteiger partial charge in [-0.15, -0.1) is 0 Å². The summed E-state index contributed by atoms with van der Waals surface area (Å²) >= 11 is 0. The van der Waals surface area contributed by atoms with Gasteiger partial charge in [0.05, 0.1) is 16.1 Å². The van der Waals surface area contributed by atoms with Crippen molar-refractivity contribution < 1.29 is 9.66 Å². The molecule has 1 unspecified atom stereocenters. The summed E-state index contributed by atoms with van der Waals surface area (Å²) in [6, 6.07) is 5.73. The molecule has 0 bridgehead atoms. The maximum atomic E-state index is 10.9. The number of hydrogen-bond donors (Lipinski definition) is 0. The van der Waals surface area contributed by atoms with Crippen LogP contribution >= 0.6 is 0 Å². The fourth-order valence-electron chi connectivity index (χ4n) is 3.21. The molecule has 1 heterocycles. The fraction of sp³-hybridized carbons (Fsp3) is 0.611. The van der Waals surface area contributed by atoms with Gasteiger partial charge >= 0.3 is 0 Å². The smallest absolute Gasteiger partial charge is 0.293 e. The molecule has 1 atom stereocenters. The van der Waals surface area contributed by atoms with Crippen LogP contribution in [-0.4, -0.2) is 34.0 Å². The highest BCUT2D eigenvalue weighted by Crippen LogP contribution is 2.32. The molecule has 0 amide bonds. The number of nitro groups is 1. The Hall–Kier alpha value is -2.11. The summed E-state index contributed by atoms with van der Waals surface area (Å²) in [6.07, 6.45) is 3.22. The third kappa shape index (κ3) is 3.68. The summed E-state index contributed by atoms with van der Waals surface area (Å²) < 4.78 is 5.89. The van der Waals surface area contributed by atoms with Crippen LogP contribution in [0.15, 0.2) is 23.2 Å². The second kappa shape index (κ2) is 7.20. The Bertz CT molecular complexity index is 640. The van der Waals surface area contributed by atoms with E-state index in [1.165, 1.54) is 6.07 Å². The normalized spacial score (nSPS) is 19.4. The third-order valence-corrected chi connectivity index (χ3v) is 4.48. The van der Waals surface area contributed by atoms with Gasteiger partial charge in [0.25, 0.3) is 11.7 Å². The molecule has 1 aliphatic heterocycles. The van der Waals surface area contributed by atoms with Gasteiger partial charge in [-0.25, -0.2) is 0 Å². The molecule has 0 radical (unpaired) electrons. The first-order chi connectivity index (χ1) is 11.3. The van der Waals surface area contributed by atoms with E-state index >= 15 is 0 Å². The largest absolute Gasteiger partial charge is 0.462 e. The molecule has 0 N–H and O–H groups in total. The predicted octanol–water partition coefficient (Wildman–Crippen LogP) is 4.58.